The van der Waals surface area contributed by atoms with E-state index in [4.69, 9.17) is 0 Å². The van der Waals surface area contributed by atoms with Gasteiger partial charge in [0.25, 0.3) is 0 Å². The average molecular weight is 674 g/mol. The summed E-state index contributed by atoms with van der Waals surface area (Å²) >= 11 is -6.93. The molecule has 0 aliphatic carbocycles. The molecule has 3 nitrogen and oxygen atoms in total. The molecule has 0 heterocycles. The van der Waals surface area contributed by atoms with Crippen LogP contribution in [0, 0.1) is 0 Å². The van der Waals surface area contributed by atoms with Crippen molar-refractivity contribution in [2.24, 2.45) is 0 Å². The third-order valence-corrected chi connectivity index (χ3v) is 14.8. The van der Waals surface area contributed by atoms with Gasteiger partial charge in [0.1, 0.15) is 0 Å². The second-order valence-electron chi connectivity index (χ2n) is 9.39. The van der Waals surface area contributed by atoms with E-state index in [0.29, 0.717) is 0 Å². The fraction of sp³-hybridized carbons (Fsp3) is 0.381. The number of benzene rings is 2. The summed E-state index contributed by atoms with van der Waals surface area (Å²) in [5, 5.41) is 0. The zero-order valence-electron chi connectivity index (χ0n) is 18.7. The van der Waals surface area contributed by atoms with Crippen LogP contribution in [0.4, 0.5) is 42.5 Å². The standard InChI is InChI=1S/C15H9F6N2O.6CH3.2Sn/c16-14(17,18)9-3-1-5-11(7-9)22-13(24)23-12-6-2-4-10(8-12)15(19,20)21;;;;;;;;/h1-8H,(H-,22,23,24);6*1H3;;/q-1;;;;;;;2*+1/p-1. The van der Waals surface area contributed by atoms with Crippen molar-refractivity contribution >= 4 is 54.7 Å². The van der Waals surface area contributed by atoms with Crippen molar-refractivity contribution in [1.82, 2.24) is 0 Å². The van der Waals surface area contributed by atoms with Gasteiger partial charge in [-0.3, -0.25) is 0 Å². The van der Waals surface area contributed by atoms with E-state index in [1.54, 1.807) is 0 Å². The van der Waals surface area contributed by atoms with E-state index >= 15 is 0 Å². The van der Waals surface area contributed by atoms with E-state index in [-0.39, 0.29) is 11.4 Å². The number of rotatable bonds is 4. The van der Waals surface area contributed by atoms with Crippen molar-refractivity contribution in [1.29, 1.82) is 0 Å². The maximum absolute atomic E-state index is 13.9. The molecule has 2 rings (SSSR count). The number of carbonyl (C=O) groups is 1. The molecule has 0 saturated carbocycles. The van der Waals surface area contributed by atoms with Crippen LogP contribution >= 0.6 is 0 Å². The molecule has 2 aromatic rings. The molecular formula is C21H26F6N2OSn2. The fourth-order valence-corrected chi connectivity index (χ4v) is 13.2. The topological polar surface area (TPSA) is 23.6 Å². The fourth-order valence-electron chi connectivity index (χ4n) is 3.31. The summed E-state index contributed by atoms with van der Waals surface area (Å²) in [4.78, 5) is 25.1. The van der Waals surface area contributed by atoms with Crippen molar-refractivity contribution < 1.29 is 31.1 Å². The van der Waals surface area contributed by atoms with E-state index in [1.165, 1.54) is 30.5 Å². The predicted octanol–water partition coefficient (Wildman–Crippen LogP) is 7.83. The summed E-state index contributed by atoms with van der Waals surface area (Å²) in [5.74, 6) is 0. The van der Waals surface area contributed by atoms with Gasteiger partial charge in [-0.25, -0.2) is 0 Å². The molecule has 11 heteroatoms. The normalized spacial score (nSPS) is 13.1. The molecule has 0 atom stereocenters. The van der Waals surface area contributed by atoms with Gasteiger partial charge in [-0.2, -0.15) is 0 Å². The third-order valence-electron chi connectivity index (χ3n) is 4.59. The van der Waals surface area contributed by atoms with Gasteiger partial charge in [0.15, 0.2) is 0 Å². The zero-order valence-corrected chi connectivity index (χ0v) is 24.4. The van der Waals surface area contributed by atoms with Gasteiger partial charge in [-0.15, -0.1) is 0 Å². The van der Waals surface area contributed by atoms with Gasteiger partial charge < -0.3 is 0 Å². The van der Waals surface area contributed by atoms with Gasteiger partial charge in [0.2, 0.25) is 0 Å². The summed E-state index contributed by atoms with van der Waals surface area (Å²) in [6.07, 6.45) is -9.16. The number of carbonyl (C=O) groups excluding carboxylic acids is 1. The van der Waals surface area contributed by atoms with E-state index in [9.17, 15) is 31.1 Å². The zero-order chi connectivity index (χ0) is 24.7. The van der Waals surface area contributed by atoms with Crippen molar-refractivity contribution in [3.63, 3.8) is 0 Å². The van der Waals surface area contributed by atoms with Crippen LogP contribution in [0.15, 0.2) is 48.5 Å². The van der Waals surface area contributed by atoms with Crippen LogP contribution < -0.4 is 6.24 Å². The van der Waals surface area contributed by atoms with Crippen LogP contribution in [0.3, 0.4) is 0 Å². The molecule has 0 unspecified atom stereocenters. The number of nitrogens with zero attached hydrogens (tertiary/aromatic N) is 2. The Bertz CT molecular complexity index is 900. The molecule has 0 saturated heterocycles. The van der Waals surface area contributed by atoms with Gasteiger partial charge >= 0.3 is 194 Å². The molecule has 0 fully saturated rings. The Morgan fingerprint density at radius 1 is 0.656 bits per heavy atom. The second kappa shape index (κ2) is 9.26. The Kier molecular flexibility index (Phi) is 7.86. The van der Waals surface area contributed by atoms with Crippen LogP contribution in [-0.2, 0) is 12.4 Å². The Labute approximate surface area is 192 Å². The number of hydrogen-bond acceptors (Lipinski definition) is 1. The van der Waals surface area contributed by atoms with Crippen LogP contribution in [0.2, 0.25) is 29.6 Å². The first-order valence-electron chi connectivity index (χ1n) is 9.82. The summed E-state index contributed by atoms with van der Waals surface area (Å²) in [5.41, 5.74) is -1.54. The number of urea groups is 1. The van der Waals surface area contributed by atoms with Crippen LogP contribution in [0.25, 0.3) is 0 Å². The third kappa shape index (κ3) is 6.48. The molecule has 176 valence electrons. The second-order valence-corrected chi connectivity index (χ2v) is 36.7. The summed E-state index contributed by atoms with van der Waals surface area (Å²) in [6.45, 7) is 0. The Balaban J connectivity index is 2.67. The van der Waals surface area contributed by atoms with Crippen molar-refractivity contribution in [2.75, 3.05) is 6.24 Å². The van der Waals surface area contributed by atoms with Crippen LogP contribution in [0.1, 0.15) is 11.1 Å². The van der Waals surface area contributed by atoms with E-state index in [0.717, 1.165) is 24.3 Å². The molecule has 2 aromatic carbocycles. The predicted molar refractivity (Wildman–Crippen MR) is 120 cm³/mol. The number of halogens is 6. The first-order valence-corrected chi connectivity index (χ1v) is 29.5. The number of hydrogen-bond donors (Lipinski definition) is 0. The molecule has 0 radical (unpaired) electrons. The van der Waals surface area contributed by atoms with Gasteiger partial charge in [0, 0.05) is 0 Å². The Hall–Kier alpha value is -1.11. The van der Waals surface area contributed by atoms with Crippen molar-refractivity contribution in [3.8, 4) is 0 Å². The Morgan fingerprint density at radius 2 is 0.969 bits per heavy atom. The average Bonchev–Trinajstić information content (AvgIpc) is 2.58. The van der Waals surface area contributed by atoms with E-state index in [2.05, 4.69) is 0 Å². The summed E-state index contributed by atoms with van der Waals surface area (Å²) in [7, 11) is 0. The van der Waals surface area contributed by atoms with Gasteiger partial charge in [-0.1, -0.05) is 0 Å². The molecule has 0 aliphatic heterocycles. The first kappa shape index (κ1) is 27.1. The van der Waals surface area contributed by atoms with Gasteiger partial charge in [0.05, 0.1) is 0 Å². The van der Waals surface area contributed by atoms with Gasteiger partial charge in [-0.05, 0) is 0 Å². The molecular weight excluding hydrogens is 648 g/mol. The molecule has 2 amide bonds. The molecule has 32 heavy (non-hydrogen) atoms. The first-order chi connectivity index (χ1) is 14.3. The number of alkyl halides is 6. The quantitative estimate of drug-likeness (QED) is 0.240. The van der Waals surface area contributed by atoms with Crippen molar-refractivity contribution in [3.05, 3.63) is 59.7 Å². The van der Waals surface area contributed by atoms with Crippen molar-refractivity contribution in [2.45, 2.75) is 42.0 Å². The molecule has 0 aliphatic rings. The SMILES string of the molecule is [CH3][Sn]([CH3])([CH3])[N](C(=O)[N](c1cccc(C(F)(F)F)c1)[Sn]([CH3])([CH3])[CH3])c1cccc(C(F)(F)F)c1. The molecule has 0 aromatic heterocycles. The Morgan fingerprint density at radius 3 is 1.22 bits per heavy atom. The molecule has 0 bridgehead atoms. The van der Waals surface area contributed by atoms with Crippen LogP contribution in [-0.4, -0.2) is 43.3 Å². The minimum absolute atomic E-state index is 0.112. The van der Waals surface area contributed by atoms with E-state index in [1.807, 2.05) is 29.6 Å². The molecule has 0 N–H and O–H groups in total. The maximum atomic E-state index is 13.9. The monoisotopic (exact) mass is 676 g/mol. The van der Waals surface area contributed by atoms with Crippen LogP contribution in [0.5, 0.6) is 0 Å². The number of anilines is 2. The minimum atomic E-state index is -4.58. The number of amides is 2. The summed E-state index contributed by atoms with van der Waals surface area (Å²) < 4.78 is 82.7. The molecule has 0 spiro atoms. The summed E-state index contributed by atoms with van der Waals surface area (Å²) in [6, 6.07) is 8.53. The van der Waals surface area contributed by atoms with E-state index < -0.39 is 66.8 Å².